The quantitative estimate of drug-likeness (QED) is 0.202. The molecule has 0 saturated heterocycles. The summed E-state index contributed by atoms with van der Waals surface area (Å²) in [6.45, 7) is 3.09. The van der Waals surface area contributed by atoms with E-state index in [0.717, 1.165) is 53.0 Å². The molecule has 0 radical (unpaired) electrons. The second-order valence-corrected chi connectivity index (χ2v) is 9.76. The van der Waals surface area contributed by atoms with Crippen LogP contribution in [0.25, 0.3) is 11.3 Å². The number of rotatable bonds is 11. The van der Waals surface area contributed by atoms with Crippen molar-refractivity contribution in [2.75, 3.05) is 6.61 Å². The van der Waals surface area contributed by atoms with Crippen LogP contribution in [0.5, 0.6) is 5.75 Å². The van der Waals surface area contributed by atoms with Crippen LogP contribution >= 0.6 is 0 Å². The number of carbonyl (C=O) groups is 2. The first-order valence-electron chi connectivity index (χ1n) is 13.5. The van der Waals surface area contributed by atoms with Gasteiger partial charge in [-0.05, 0) is 79.3 Å². The van der Waals surface area contributed by atoms with Gasteiger partial charge in [0.15, 0.2) is 0 Å². The van der Waals surface area contributed by atoms with E-state index >= 15 is 0 Å². The van der Waals surface area contributed by atoms with Crippen LogP contribution in [-0.2, 0) is 29.1 Å². The second kappa shape index (κ2) is 12.5. The number of nitrogens with zero attached hydrogens (tertiary/aromatic N) is 1. The maximum atomic E-state index is 13.7. The number of esters is 1. The molecule has 1 amide bonds. The standard InChI is InChI=1S/C33H33NO5/c1-2-37-32(35)21-24-12-18-30(19-13-24)39-23-28-8-4-3-7-27(28)22-34(29-9-5-10-29)33(36)26-16-14-25(15-17-26)31-11-6-20-38-31/h3-4,6-8,11-20,29H,2,5,9-10,21-23H2,1H3. The van der Waals surface area contributed by atoms with Crippen molar-refractivity contribution in [1.29, 1.82) is 0 Å². The van der Waals surface area contributed by atoms with Crippen molar-refractivity contribution in [1.82, 2.24) is 4.90 Å². The molecule has 0 atom stereocenters. The number of amides is 1. The lowest BCUT2D eigenvalue weighted by Crippen LogP contribution is -2.43. The molecule has 1 aromatic heterocycles. The Bertz CT molecular complexity index is 1370. The summed E-state index contributed by atoms with van der Waals surface area (Å²) in [6, 6.07) is 27.3. The lowest BCUT2D eigenvalue weighted by atomic mass is 9.90. The van der Waals surface area contributed by atoms with E-state index in [1.807, 2.05) is 83.8 Å². The minimum absolute atomic E-state index is 0.0404. The first-order chi connectivity index (χ1) is 19.1. The molecular weight excluding hydrogens is 490 g/mol. The van der Waals surface area contributed by atoms with E-state index in [4.69, 9.17) is 13.9 Å². The molecule has 1 heterocycles. The Labute approximate surface area is 229 Å². The third kappa shape index (κ3) is 6.58. The van der Waals surface area contributed by atoms with Gasteiger partial charge in [-0.25, -0.2) is 0 Å². The average Bonchev–Trinajstić information content (AvgIpc) is 3.47. The van der Waals surface area contributed by atoms with Gasteiger partial charge in [-0.15, -0.1) is 0 Å². The molecular formula is C33H33NO5. The number of benzene rings is 3. The van der Waals surface area contributed by atoms with Crippen LogP contribution in [0.15, 0.2) is 95.6 Å². The molecule has 1 saturated carbocycles. The number of ether oxygens (including phenoxy) is 2. The van der Waals surface area contributed by atoms with Crippen LogP contribution in [0.4, 0.5) is 0 Å². The zero-order chi connectivity index (χ0) is 27.0. The van der Waals surface area contributed by atoms with Gasteiger partial charge in [0, 0.05) is 23.7 Å². The number of carbonyl (C=O) groups excluding carboxylic acids is 2. The van der Waals surface area contributed by atoms with E-state index in [-0.39, 0.29) is 24.3 Å². The highest BCUT2D eigenvalue weighted by atomic mass is 16.5. The van der Waals surface area contributed by atoms with Gasteiger partial charge in [0.2, 0.25) is 0 Å². The minimum Gasteiger partial charge on any atom is -0.489 e. The Morgan fingerprint density at radius 1 is 0.897 bits per heavy atom. The van der Waals surface area contributed by atoms with Crippen LogP contribution in [0.3, 0.4) is 0 Å². The summed E-state index contributed by atoms with van der Waals surface area (Å²) in [7, 11) is 0. The van der Waals surface area contributed by atoms with Crippen molar-refractivity contribution in [3.8, 4) is 17.1 Å². The lowest BCUT2D eigenvalue weighted by Gasteiger charge is -2.38. The molecule has 5 rings (SSSR count). The average molecular weight is 524 g/mol. The summed E-state index contributed by atoms with van der Waals surface area (Å²) in [5, 5.41) is 0. The summed E-state index contributed by atoms with van der Waals surface area (Å²) in [5.74, 6) is 1.31. The Morgan fingerprint density at radius 2 is 1.64 bits per heavy atom. The topological polar surface area (TPSA) is 69.0 Å². The summed E-state index contributed by atoms with van der Waals surface area (Å²) in [4.78, 5) is 27.4. The predicted molar refractivity (Wildman–Crippen MR) is 149 cm³/mol. The Morgan fingerprint density at radius 3 is 2.28 bits per heavy atom. The van der Waals surface area contributed by atoms with Crippen molar-refractivity contribution >= 4 is 11.9 Å². The highest BCUT2D eigenvalue weighted by Crippen LogP contribution is 2.29. The highest BCUT2D eigenvalue weighted by molar-refractivity contribution is 5.95. The van der Waals surface area contributed by atoms with Crippen LogP contribution in [0.1, 0.15) is 53.2 Å². The van der Waals surface area contributed by atoms with Crippen LogP contribution in [-0.4, -0.2) is 29.4 Å². The molecule has 200 valence electrons. The third-order valence-corrected chi connectivity index (χ3v) is 7.14. The van der Waals surface area contributed by atoms with E-state index in [0.29, 0.717) is 25.3 Å². The lowest BCUT2D eigenvalue weighted by molar-refractivity contribution is -0.142. The largest absolute Gasteiger partial charge is 0.489 e. The van der Waals surface area contributed by atoms with E-state index in [1.54, 1.807) is 13.2 Å². The van der Waals surface area contributed by atoms with E-state index in [2.05, 4.69) is 6.07 Å². The molecule has 0 spiro atoms. The normalized spacial score (nSPS) is 12.9. The fourth-order valence-corrected chi connectivity index (χ4v) is 4.73. The molecule has 1 aliphatic rings. The third-order valence-electron chi connectivity index (χ3n) is 7.14. The van der Waals surface area contributed by atoms with Crippen LogP contribution < -0.4 is 4.74 Å². The SMILES string of the molecule is CCOC(=O)Cc1ccc(OCc2ccccc2CN(C(=O)c2ccc(-c3ccco3)cc2)C2CCC2)cc1. The van der Waals surface area contributed by atoms with E-state index < -0.39 is 0 Å². The molecule has 0 N–H and O–H groups in total. The number of furan rings is 1. The smallest absolute Gasteiger partial charge is 0.310 e. The number of hydrogen-bond acceptors (Lipinski definition) is 5. The van der Waals surface area contributed by atoms with Crippen LogP contribution in [0, 0.1) is 0 Å². The molecule has 3 aromatic carbocycles. The summed E-state index contributed by atoms with van der Waals surface area (Å²) in [5.41, 5.74) is 4.62. The number of hydrogen-bond donors (Lipinski definition) is 0. The molecule has 0 unspecified atom stereocenters. The van der Waals surface area contributed by atoms with Crippen molar-refractivity contribution in [2.24, 2.45) is 0 Å². The van der Waals surface area contributed by atoms with E-state index in [9.17, 15) is 9.59 Å². The predicted octanol–water partition coefficient (Wildman–Crippen LogP) is 6.83. The monoisotopic (exact) mass is 523 g/mol. The second-order valence-electron chi connectivity index (χ2n) is 9.76. The highest BCUT2D eigenvalue weighted by Gasteiger charge is 2.30. The van der Waals surface area contributed by atoms with Crippen LogP contribution in [0.2, 0.25) is 0 Å². The molecule has 6 heteroatoms. The molecule has 6 nitrogen and oxygen atoms in total. The van der Waals surface area contributed by atoms with Gasteiger partial charge in [0.1, 0.15) is 18.1 Å². The Balaban J connectivity index is 1.26. The summed E-state index contributed by atoms with van der Waals surface area (Å²) in [6.07, 6.45) is 5.07. The van der Waals surface area contributed by atoms with Crippen molar-refractivity contribution in [2.45, 2.75) is 51.8 Å². The molecule has 0 bridgehead atoms. The molecule has 0 aliphatic heterocycles. The fraction of sp³-hybridized carbons (Fsp3) is 0.273. The van der Waals surface area contributed by atoms with Crippen molar-refractivity contribution < 1.29 is 23.5 Å². The fourth-order valence-electron chi connectivity index (χ4n) is 4.73. The van der Waals surface area contributed by atoms with Gasteiger partial charge in [-0.1, -0.05) is 48.5 Å². The zero-order valence-corrected chi connectivity index (χ0v) is 22.2. The van der Waals surface area contributed by atoms with Gasteiger partial charge in [0.25, 0.3) is 5.91 Å². The van der Waals surface area contributed by atoms with E-state index in [1.165, 1.54) is 0 Å². The van der Waals surface area contributed by atoms with Gasteiger partial charge in [-0.3, -0.25) is 9.59 Å². The first kappa shape index (κ1) is 26.3. The molecule has 39 heavy (non-hydrogen) atoms. The van der Waals surface area contributed by atoms with Gasteiger partial charge < -0.3 is 18.8 Å². The van der Waals surface area contributed by atoms with Gasteiger partial charge >= 0.3 is 5.97 Å². The van der Waals surface area contributed by atoms with Crippen molar-refractivity contribution in [3.63, 3.8) is 0 Å². The summed E-state index contributed by atoms with van der Waals surface area (Å²) >= 11 is 0. The maximum absolute atomic E-state index is 13.7. The minimum atomic E-state index is -0.237. The molecule has 1 aliphatic carbocycles. The summed E-state index contributed by atoms with van der Waals surface area (Å²) < 4.78 is 16.6. The molecule has 4 aromatic rings. The van der Waals surface area contributed by atoms with Gasteiger partial charge in [-0.2, -0.15) is 0 Å². The molecule has 1 fully saturated rings. The zero-order valence-electron chi connectivity index (χ0n) is 22.2. The van der Waals surface area contributed by atoms with Crippen molar-refractivity contribution in [3.05, 3.63) is 113 Å². The van der Waals surface area contributed by atoms with Gasteiger partial charge in [0.05, 0.1) is 19.3 Å². The Kier molecular flexibility index (Phi) is 8.42. The first-order valence-corrected chi connectivity index (χ1v) is 13.5. The Hall–Kier alpha value is -4.32. The maximum Gasteiger partial charge on any atom is 0.310 e.